The lowest BCUT2D eigenvalue weighted by Gasteiger charge is -2.11. The fourth-order valence-corrected chi connectivity index (χ4v) is 5.19. The number of nitrogens with one attached hydrogen (secondary N) is 1. The molecule has 3 rings (SSSR count). The van der Waals surface area contributed by atoms with Crippen molar-refractivity contribution in [3.8, 4) is 11.1 Å². The van der Waals surface area contributed by atoms with Crippen LogP contribution in [-0.4, -0.2) is 21.5 Å². The van der Waals surface area contributed by atoms with E-state index in [1.54, 1.807) is 35.7 Å². The number of hydrogen-bond donors (Lipinski definition) is 1. The number of rotatable bonds is 5. The Morgan fingerprint density at radius 3 is 2.50 bits per heavy atom. The van der Waals surface area contributed by atoms with E-state index in [0.29, 0.717) is 11.1 Å². The van der Waals surface area contributed by atoms with Crippen molar-refractivity contribution >= 4 is 33.0 Å². The van der Waals surface area contributed by atoms with Gasteiger partial charge in [-0.1, -0.05) is 36.4 Å². The number of halogens is 1. The number of anilines is 1. The SMILES string of the molecule is COC(=O)c1scc(-c2ccccc2)c1S(=O)(=O)Nc1cccc(F)c1. The molecule has 0 spiro atoms. The summed E-state index contributed by atoms with van der Waals surface area (Å²) in [5.41, 5.74) is 1.07. The molecule has 1 heterocycles. The number of thiophene rings is 1. The van der Waals surface area contributed by atoms with Crippen LogP contribution in [0.4, 0.5) is 10.1 Å². The Morgan fingerprint density at radius 1 is 1.12 bits per heavy atom. The fourth-order valence-electron chi connectivity index (χ4n) is 2.42. The van der Waals surface area contributed by atoms with Crippen molar-refractivity contribution < 1.29 is 22.3 Å². The van der Waals surface area contributed by atoms with Gasteiger partial charge in [0, 0.05) is 10.9 Å². The number of methoxy groups -OCH3 is 1. The smallest absolute Gasteiger partial charge is 0.349 e. The molecule has 0 atom stereocenters. The second-order valence-electron chi connectivity index (χ2n) is 5.28. The third-order valence-corrected chi connectivity index (χ3v) is 6.10. The van der Waals surface area contributed by atoms with Crippen LogP contribution in [-0.2, 0) is 14.8 Å². The number of hydrogen-bond acceptors (Lipinski definition) is 5. The van der Waals surface area contributed by atoms with Gasteiger partial charge in [-0.25, -0.2) is 17.6 Å². The zero-order valence-corrected chi connectivity index (χ0v) is 15.2. The van der Waals surface area contributed by atoms with Crippen LogP contribution in [0.2, 0.25) is 0 Å². The molecule has 0 bridgehead atoms. The van der Waals surface area contributed by atoms with Gasteiger partial charge in [-0.3, -0.25) is 4.72 Å². The topological polar surface area (TPSA) is 72.5 Å². The van der Waals surface area contributed by atoms with Gasteiger partial charge in [0.1, 0.15) is 15.6 Å². The zero-order valence-electron chi connectivity index (χ0n) is 13.6. The van der Waals surface area contributed by atoms with Gasteiger partial charge >= 0.3 is 5.97 Å². The summed E-state index contributed by atoms with van der Waals surface area (Å²) in [5.74, 6) is -1.33. The molecule has 2 aromatic carbocycles. The summed E-state index contributed by atoms with van der Waals surface area (Å²) in [6, 6.07) is 13.9. The molecule has 0 radical (unpaired) electrons. The monoisotopic (exact) mass is 391 g/mol. The number of carbonyl (C=O) groups excluding carboxylic acids is 1. The molecule has 3 aromatic rings. The average Bonchev–Trinajstić information content (AvgIpc) is 3.07. The van der Waals surface area contributed by atoms with Gasteiger partial charge in [0.2, 0.25) is 0 Å². The van der Waals surface area contributed by atoms with Gasteiger partial charge in [-0.2, -0.15) is 0 Å². The quantitative estimate of drug-likeness (QED) is 0.664. The Kier molecular flexibility index (Phi) is 5.06. The van der Waals surface area contributed by atoms with Gasteiger partial charge in [0.15, 0.2) is 0 Å². The second kappa shape index (κ2) is 7.27. The minimum atomic E-state index is -4.16. The number of benzene rings is 2. The van der Waals surface area contributed by atoms with Crippen LogP contribution in [0.15, 0.2) is 64.9 Å². The Hall–Kier alpha value is -2.71. The normalized spacial score (nSPS) is 11.2. The molecule has 0 saturated carbocycles. The molecule has 1 aromatic heterocycles. The second-order valence-corrected chi connectivity index (χ2v) is 7.78. The molecule has 26 heavy (non-hydrogen) atoms. The lowest BCUT2D eigenvalue weighted by Crippen LogP contribution is -2.16. The van der Waals surface area contributed by atoms with Crippen LogP contribution in [0.5, 0.6) is 0 Å². The van der Waals surface area contributed by atoms with E-state index in [9.17, 15) is 17.6 Å². The molecule has 0 aliphatic carbocycles. The highest BCUT2D eigenvalue weighted by molar-refractivity contribution is 7.93. The number of carbonyl (C=O) groups is 1. The van der Waals surface area contributed by atoms with Gasteiger partial charge in [-0.15, -0.1) is 11.3 Å². The molecule has 1 N–H and O–H groups in total. The maximum Gasteiger partial charge on any atom is 0.349 e. The van der Waals surface area contributed by atoms with E-state index in [1.165, 1.54) is 25.3 Å². The van der Waals surface area contributed by atoms with E-state index in [2.05, 4.69) is 4.72 Å². The molecule has 0 aliphatic rings. The van der Waals surface area contributed by atoms with Crippen LogP contribution in [0.1, 0.15) is 9.67 Å². The average molecular weight is 391 g/mol. The van der Waals surface area contributed by atoms with Gasteiger partial charge in [0.25, 0.3) is 10.0 Å². The first-order chi connectivity index (χ1) is 12.4. The highest BCUT2D eigenvalue weighted by Gasteiger charge is 2.30. The van der Waals surface area contributed by atoms with E-state index < -0.39 is 21.8 Å². The molecular formula is C18H14FNO4S2. The number of esters is 1. The van der Waals surface area contributed by atoms with Crippen molar-refractivity contribution in [2.75, 3.05) is 11.8 Å². The predicted molar refractivity (Wildman–Crippen MR) is 98.3 cm³/mol. The largest absolute Gasteiger partial charge is 0.465 e. The van der Waals surface area contributed by atoms with Crippen molar-refractivity contribution in [3.05, 3.63) is 70.7 Å². The first-order valence-electron chi connectivity index (χ1n) is 7.46. The lowest BCUT2D eigenvalue weighted by molar-refractivity contribution is 0.0602. The van der Waals surface area contributed by atoms with Gasteiger partial charge in [0.05, 0.1) is 12.8 Å². The maximum atomic E-state index is 13.4. The molecular weight excluding hydrogens is 377 g/mol. The highest BCUT2D eigenvalue weighted by Crippen LogP contribution is 2.36. The number of sulfonamides is 1. The van der Waals surface area contributed by atoms with Crippen molar-refractivity contribution in [3.63, 3.8) is 0 Å². The molecule has 0 amide bonds. The van der Waals surface area contributed by atoms with E-state index in [-0.39, 0.29) is 15.5 Å². The van der Waals surface area contributed by atoms with Crippen LogP contribution in [0.25, 0.3) is 11.1 Å². The molecule has 0 aliphatic heterocycles. The van der Waals surface area contributed by atoms with Crippen molar-refractivity contribution in [2.24, 2.45) is 0 Å². The summed E-state index contributed by atoms with van der Waals surface area (Å²) in [6.45, 7) is 0. The summed E-state index contributed by atoms with van der Waals surface area (Å²) >= 11 is 0.976. The van der Waals surface area contributed by atoms with E-state index in [0.717, 1.165) is 17.4 Å². The highest BCUT2D eigenvalue weighted by atomic mass is 32.2. The van der Waals surface area contributed by atoms with Gasteiger partial charge < -0.3 is 4.74 Å². The van der Waals surface area contributed by atoms with Crippen LogP contribution in [0, 0.1) is 5.82 Å². The molecule has 8 heteroatoms. The molecule has 0 saturated heterocycles. The minimum Gasteiger partial charge on any atom is -0.465 e. The summed E-state index contributed by atoms with van der Waals surface area (Å²) in [5, 5.41) is 1.59. The van der Waals surface area contributed by atoms with E-state index >= 15 is 0 Å². The fraction of sp³-hybridized carbons (Fsp3) is 0.0556. The van der Waals surface area contributed by atoms with Gasteiger partial charge in [-0.05, 0) is 23.8 Å². The van der Waals surface area contributed by atoms with E-state index in [4.69, 9.17) is 4.74 Å². The lowest BCUT2D eigenvalue weighted by atomic mass is 10.1. The molecule has 134 valence electrons. The van der Waals surface area contributed by atoms with Crippen molar-refractivity contribution in [2.45, 2.75) is 4.90 Å². The Bertz CT molecular complexity index is 1050. The van der Waals surface area contributed by atoms with Crippen molar-refractivity contribution in [1.29, 1.82) is 0 Å². The standard InChI is InChI=1S/C18H14FNO4S2/c1-24-18(21)16-17(15(11-25-16)12-6-3-2-4-7-12)26(22,23)20-14-9-5-8-13(19)10-14/h2-11,20H,1H3. The van der Waals surface area contributed by atoms with Crippen molar-refractivity contribution in [1.82, 2.24) is 0 Å². The summed E-state index contributed by atoms with van der Waals surface area (Å²) in [7, 11) is -2.98. The third kappa shape index (κ3) is 3.61. The van der Waals surface area contributed by atoms with Crippen LogP contribution in [0.3, 0.4) is 0 Å². The Labute approximate surface area is 154 Å². The summed E-state index contributed by atoms with van der Waals surface area (Å²) in [6.07, 6.45) is 0. The summed E-state index contributed by atoms with van der Waals surface area (Å²) < 4.78 is 46.4. The Morgan fingerprint density at radius 2 is 1.85 bits per heavy atom. The zero-order chi connectivity index (χ0) is 18.7. The first-order valence-corrected chi connectivity index (χ1v) is 9.82. The predicted octanol–water partition coefficient (Wildman–Crippen LogP) is 4.14. The van der Waals surface area contributed by atoms with E-state index in [1.807, 2.05) is 0 Å². The van der Waals surface area contributed by atoms with Crippen LogP contribution >= 0.6 is 11.3 Å². The third-order valence-electron chi connectivity index (χ3n) is 3.55. The molecule has 0 unspecified atom stereocenters. The summed E-state index contributed by atoms with van der Waals surface area (Å²) in [4.78, 5) is 11.8. The molecule has 0 fully saturated rings. The Balaban J connectivity index is 2.15. The number of ether oxygens (including phenoxy) is 1. The molecule has 5 nitrogen and oxygen atoms in total. The maximum absolute atomic E-state index is 13.4. The first kappa shape index (κ1) is 18.1. The van der Waals surface area contributed by atoms with Crippen LogP contribution < -0.4 is 4.72 Å². The minimum absolute atomic E-state index is 0.0461.